The number of aliphatic hydroxyl groups is 7. The molecule has 0 bridgehead atoms. The van der Waals surface area contributed by atoms with Gasteiger partial charge in [0.1, 0.15) is 91.1 Å². The van der Waals surface area contributed by atoms with Crippen LogP contribution in [0.3, 0.4) is 0 Å². The molecule has 8 unspecified atom stereocenters. The van der Waals surface area contributed by atoms with Crippen molar-refractivity contribution < 1.29 is 136 Å². The zero-order valence-corrected chi connectivity index (χ0v) is 39.1. The molecule has 0 aromatic heterocycles. The van der Waals surface area contributed by atoms with Gasteiger partial charge in [-0.3, -0.25) is 9.59 Å². The average molecular weight is 1090 g/mol. The van der Waals surface area contributed by atoms with E-state index in [2.05, 4.69) is 39.0 Å². The highest BCUT2D eigenvalue weighted by Gasteiger charge is 2.58. The van der Waals surface area contributed by atoms with Gasteiger partial charge < -0.3 is 93.9 Å². The maximum Gasteiger partial charge on any atom is 0.415 e. The Labute approximate surface area is 406 Å². The second kappa shape index (κ2) is 25.0. The molecule has 0 aliphatic carbocycles. The summed E-state index contributed by atoms with van der Waals surface area (Å²) in [5.41, 5.74) is 0.813. The molecule has 0 radical (unpaired) electrons. The Morgan fingerprint density at radius 2 is 0.958 bits per heavy atom. The minimum atomic E-state index is -5.11. The average Bonchev–Trinajstić information content (AvgIpc) is 3.33. The SMILES string of the molecule is CC(=O)NC1[C@H](O[C@@H]2C(C(=O)ON)O[C@@H](O[C@@H]3C(COS(=O)(=O)ON)O[C@@H](O[C@H]4C(C(=O)ON)O[C@@H](Oc5ccc(C)cc5)C(O)[C@@H]4O)C(NC(C)=O)[C@H]3O)C(O)[C@@H]2O)OC(COS(=O)(=O)ON)[C@@H](O)[C@@H]1O. The topological polar surface area (TPSA) is 536 Å². The second-order valence-electron chi connectivity index (χ2n) is 16.0. The summed E-state index contributed by atoms with van der Waals surface area (Å²) >= 11 is 0. The lowest BCUT2D eigenvalue weighted by molar-refractivity contribution is -0.369. The van der Waals surface area contributed by atoms with Crippen LogP contribution in [0, 0.1) is 6.92 Å². The lowest BCUT2D eigenvalue weighted by atomic mass is 9.94. The third-order valence-electron chi connectivity index (χ3n) is 11.0. The van der Waals surface area contributed by atoms with Gasteiger partial charge in [0.05, 0.1) is 13.2 Å². The number of hydrogen-bond donors (Lipinski definition) is 13. The summed E-state index contributed by atoms with van der Waals surface area (Å²) in [6, 6.07) is 2.42. The van der Waals surface area contributed by atoms with Gasteiger partial charge in [0.2, 0.25) is 18.1 Å². The highest BCUT2D eigenvalue weighted by molar-refractivity contribution is 7.82. The largest absolute Gasteiger partial charge is 0.462 e. The normalized spacial score (nSPS) is 37.5. The zero-order chi connectivity index (χ0) is 53.6. The number of aryl methyl sites for hydroxylation is 1. The Hall–Kier alpha value is -4.08. The molecule has 2 amide bonds. The summed E-state index contributed by atoms with van der Waals surface area (Å²) in [6.45, 7) is 1.21. The van der Waals surface area contributed by atoms with E-state index in [9.17, 15) is 71.8 Å². The molecule has 4 aliphatic heterocycles. The maximum atomic E-state index is 13.2. The number of amides is 2. The van der Waals surface area contributed by atoms with Gasteiger partial charge in [-0.05, 0) is 19.1 Å². The van der Waals surface area contributed by atoms with E-state index in [1.807, 2.05) is 0 Å². The number of nitrogens with two attached hydrogens (primary N) is 4. The highest BCUT2D eigenvalue weighted by atomic mass is 32.3. The van der Waals surface area contributed by atoms with Gasteiger partial charge in [0.25, 0.3) is 0 Å². The van der Waals surface area contributed by atoms with Gasteiger partial charge in [0.15, 0.2) is 31.1 Å². The molecule has 4 saturated heterocycles. The van der Waals surface area contributed by atoms with E-state index in [0.717, 1.165) is 19.4 Å². The summed E-state index contributed by atoms with van der Waals surface area (Å²) in [7, 11) is -10.0. The predicted molar refractivity (Wildman–Crippen MR) is 219 cm³/mol. The van der Waals surface area contributed by atoms with Crippen molar-refractivity contribution in [2.45, 2.75) is 143 Å². The van der Waals surface area contributed by atoms with Crippen molar-refractivity contribution in [1.82, 2.24) is 10.6 Å². The molecule has 4 heterocycles. The number of ether oxygens (including phenoxy) is 8. The standard InChI is InChI=1S/C35H54N6O29S2/c1-10-4-6-13(7-5-10)59-34-23(49)21(47)26(28(65-34)30(51)67-36)64-33-17(41-12(3)43)20(46)25(15(61-33)9-58-72(55,56)70-39)62-35-24(50)22(48)27(29(66-35)31(52)68-37)63-32-16(40-11(2)42)19(45)18(44)14(60-32)8-57-71(53,54)69-38/h4-7,14-29,32-35,44-50H,8-9,36-39H2,1-3H3,(H,40,42)(H,41,43)/t14?,15?,16?,17?,18-,19-,20-,21+,22+,23?,24?,25-,26-,27+,28?,29?,32+,33+,34-,35-/m1/s1. The number of hydrogen-bond acceptors (Lipinski definition) is 33. The number of carbonyl (C=O) groups is 4. The fraction of sp³-hybridized carbons (Fsp3) is 0.714. The number of benzene rings is 1. The number of aliphatic hydroxyl groups excluding tert-OH is 7. The molecule has 72 heavy (non-hydrogen) atoms. The van der Waals surface area contributed by atoms with Crippen molar-refractivity contribution in [2.75, 3.05) is 13.2 Å². The smallest absolute Gasteiger partial charge is 0.415 e. The quantitative estimate of drug-likeness (QED) is 0.0539. The monoisotopic (exact) mass is 1090 g/mol. The molecule has 410 valence electrons. The molecular weight excluding hydrogens is 1030 g/mol. The molecule has 0 spiro atoms. The van der Waals surface area contributed by atoms with Gasteiger partial charge in [-0.1, -0.05) is 17.7 Å². The van der Waals surface area contributed by atoms with E-state index in [1.165, 1.54) is 12.1 Å². The van der Waals surface area contributed by atoms with E-state index >= 15 is 0 Å². The first-order chi connectivity index (χ1) is 33.8. The van der Waals surface area contributed by atoms with Crippen LogP contribution in [0.4, 0.5) is 0 Å². The molecule has 1 aromatic rings. The molecule has 35 nitrogen and oxygen atoms in total. The number of rotatable bonds is 20. The summed E-state index contributed by atoms with van der Waals surface area (Å²) in [5, 5.41) is 83.4. The summed E-state index contributed by atoms with van der Waals surface area (Å²) < 4.78 is 110. The van der Waals surface area contributed by atoms with Crippen molar-refractivity contribution in [1.29, 1.82) is 0 Å². The zero-order valence-electron chi connectivity index (χ0n) is 37.5. The fourth-order valence-electron chi connectivity index (χ4n) is 7.57. The van der Waals surface area contributed by atoms with Crippen molar-refractivity contribution >= 4 is 44.6 Å². The van der Waals surface area contributed by atoms with Crippen LogP contribution in [0.5, 0.6) is 5.75 Å². The van der Waals surface area contributed by atoms with Crippen LogP contribution in [0.25, 0.3) is 0 Å². The lowest BCUT2D eigenvalue weighted by Gasteiger charge is -2.49. The lowest BCUT2D eigenvalue weighted by Crippen LogP contribution is -2.70. The van der Waals surface area contributed by atoms with E-state index in [-0.39, 0.29) is 5.75 Å². The minimum Gasteiger partial charge on any atom is -0.462 e. The van der Waals surface area contributed by atoms with Crippen LogP contribution in [0.15, 0.2) is 24.3 Å². The summed E-state index contributed by atoms with van der Waals surface area (Å²) in [6.07, 6.45) is -39.1. The molecule has 0 saturated carbocycles. The van der Waals surface area contributed by atoms with Crippen LogP contribution < -0.4 is 39.0 Å². The van der Waals surface area contributed by atoms with Crippen LogP contribution in [-0.2, 0) is 99.7 Å². The Bertz CT molecular complexity index is 2240. The Balaban J connectivity index is 1.45. The van der Waals surface area contributed by atoms with Gasteiger partial charge in [-0.2, -0.15) is 49.0 Å². The highest BCUT2D eigenvalue weighted by Crippen LogP contribution is 2.36. The third-order valence-corrected chi connectivity index (χ3v) is 12.4. The van der Waals surface area contributed by atoms with Crippen LogP contribution >= 0.6 is 0 Å². The van der Waals surface area contributed by atoms with E-state index in [1.54, 1.807) is 19.1 Å². The van der Waals surface area contributed by atoms with Crippen LogP contribution in [-0.4, -0.2) is 212 Å². The minimum absolute atomic E-state index is 0.102. The van der Waals surface area contributed by atoms with Gasteiger partial charge >= 0.3 is 32.7 Å². The van der Waals surface area contributed by atoms with Crippen molar-refractivity contribution in [2.24, 2.45) is 23.6 Å². The van der Waals surface area contributed by atoms with E-state index < -0.39 is 180 Å². The fourth-order valence-corrected chi connectivity index (χ4v) is 8.29. The molecule has 5 rings (SSSR count). The number of carbonyl (C=O) groups excluding carboxylic acids is 4. The Morgan fingerprint density at radius 3 is 1.42 bits per heavy atom. The van der Waals surface area contributed by atoms with Crippen LogP contribution in [0.1, 0.15) is 19.4 Å². The van der Waals surface area contributed by atoms with Gasteiger partial charge in [-0.15, -0.1) is 0 Å². The third kappa shape index (κ3) is 14.2. The number of nitrogens with one attached hydrogen (secondary N) is 2. The van der Waals surface area contributed by atoms with Crippen LogP contribution in [0.2, 0.25) is 0 Å². The van der Waals surface area contributed by atoms with E-state index in [4.69, 9.17) is 59.8 Å². The van der Waals surface area contributed by atoms with Gasteiger partial charge in [0, 0.05) is 13.8 Å². The van der Waals surface area contributed by atoms with Crippen molar-refractivity contribution in [3.63, 3.8) is 0 Å². The molecule has 4 fully saturated rings. The first-order valence-corrected chi connectivity index (χ1v) is 23.4. The first kappa shape index (κ1) is 58.8. The van der Waals surface area contributed by atoms with Crippen molar-refractivity contribution in [3.05, 3.63) is 29.8 Å². The second-order valence-corrected chi connectivity index (χ2v) is 18.5. The molecule has 4 aliphatic rings. The Morgan fingerprint density at radius 1 is 0.542 bits per heavy atom. The molecule has 20 atom stereocenters. The summed E-state index contributed by atoms with van der Waals surface area (Å²) in [4.78, 5) is 59.5. The molecule has 1 aromatic carbocycles. The summed E-state index contributed by atoms with van der Waals surface area (Å²) in [5.74, 6) is 14.9. The van der Waals surface area contributed by atoms with E-state index in [0.29, 0.717) is 0 Å². The Kier molecular flexibility index (Phi) is 20.4. The maximum absolute atomic E-state index is 13.2. The molecular formula is C35H54N6O29S2. The predicted octanol–water partition coefficient (Wildman–Crippen LogP) is -9.90. The van der Waals surface area contributed by atoms with Crippen molar-refractivity contribution in [3.8, 4) is 5.75 Å². The first-order valence-electron chi connectivity index (χ1n) is 20.8. The molecule has 17 N–H and O–H groups in total. The van der Waals surface area contributed by atoms with Gasteiger partial charge in [-0.25, -0.2) is 18.0 Å². The molecule has 37 heteroatoms.